The number of likely N-dealkylation sites (N-methyl/N-ethyl adjacent to an activating group) is 1. The molecule has 1 fully saturated rings. The number of aliphatic imine (C=N–C) groups is 1. The Bertz CT molecular complexity index is 1170. The summed E-state index contributed by atoms with van der Waals surface area (Å²) in [4.78, 5) is 25.0. The van der Waals surface area contributed by atoms with Gasteiger partial charge in [-0.1, -0.05) is 19.1 Å². The van der Waals surface area contributed by atoms with E-state index in [1.54, 1.807) is 4.90 Å². The molecule has 1 atom stereocenters. The van der Waals surface area contributed by atoms with Gasteiger partial charge in [-0.25, -0.2) is 0 Å². The molecule has 1 saturated heterocycles. The van der Waals surface area contributed by atoms with Gasteiger partial charge >= 0.3 is 0 Å². The Balaban J connectivity index is 1.46. The van der Waals surface area contributed by atoms with Crippen molar-refractivity contribution in [3.05, 3.63) is 82.0 Å². The van der Waals surface area contributed by atoms with Crippen molar-refractivity contribution < 1.29 is 9.90 Å². The van der Waals surface area contributed by atoms with E-state index >= 15 is 0 Å². The first kappa shape index (κ1) is 24.7. The highest BCUT2D eigenvalue weighted by Crippen LogP contribution is 2.36. The summed E-state index contributed by atoms with van der Waals surface area (Å²) >= 11 is 0. The standard InChI is InChI=1S/C30H38N4O2/c1-21-7-10-26-11-12-27(33-15-13-32(3)14-16-33)19-34(26)29(36)18-28(21)24-6-4-5-23-9-8-22(2)31-30(23)25(17-24)20-35/h6,10-12,17-19,21,35H,4-5,7-9,13-16,20H2,1-3H3/b24-6?,25-17?,26-10?,28-18+. The molecule has 5 aliphatic rings. The molecule has 0 saturated carbocycles. The summed E-state index contributed by atoms with van der Waals surface area (Å²) in [6, 6.07) is 0. The molecule has 5 rings (SSSR count). The van der Waals surface area contributed by atoms with E-state index in [2.05, 4.69) is 61.1 Å². The van der Waals surface area contributed by atoms with Crippen LogP contribution < -0.4 is 0 Å². The van der Waals surface area contributed by atoms with E-state index < -0.39 is 0 Å². The Labute approximate surface area is 215 Å². The van der Waals surface area contributed by atoms with Crippen LogP contribution in [0.4, 0.5) is 0 Å². The summed E-state index contributed by atoms with van der Waals surface area (Å²) in [5.74, 6) is 0.166. The van der Waals surface area contributed by atoms with Gasteiger partial charge in [0.2, 0.25) is 0 Å². The van der Waals surface area contributed by atoms with Gasteiger partial charge < -0.3 is 14.9 Å². The SMILES string of the molecule is CC1=NC2=C(CCC=C(/C3=C/C(=O)N4C=C(N5CCN(C)CC5)C=CC4=CCC3C)C=C2CO)CC1. The number of amides is 1. The first-order valence-electron chi connectivity index (χ1n) is 13.3. The minimum absolute atomic E-state index is 0.0212. The molecule has 190 valence electrons. The normalized spacial score (nSPS) is 27.2. The third kappa shape index (κ3) is 5.11. The molecule has 0 aromatic heterocycles. The molecular formula is C30H38N4O2. The lowest BCUT2D eigenvalue weighted by Crippen LogP contribution is -2.44. The number of fused-ring (bicyclic) bond motifs is 1. The molecule has 0 radical (unpaired) electrons. The van der Waals surface area contributed by atoms with Crippen molar-refractivity contribution >= 4 is 11.6 Å². The fourth-order valence-electron chi connectivity index (χ4n) is 5.60. The van der Waals surface area contributed by atoms with Gasteiger partial charge in [-0.3, -0.25) is 14.7 Å². The summed E-state index contributed by atoms with van der Waals surface area (Å²) in [5, 5.41) is 10.3. The van der Waals surface area contributed by atoms with Gasteiger partial charge in [0.15, 0.2) is 0 Å². The van der Waals surface area contributed by atoms with Gasteiger partial charge in [0.05, 0.1) is 18.0 Å². The minimum Gasteiger partial charge on any atom is -0.392 e. The van der Waals surface area contributed by atoms with Crippen molar-refractivity contribution in [3.63, 3.8) is 0 Å². The van der Waals surface area contributed by atoms with Crippen LogP contribution >= 0.6 is 0 Å². The number of aliphatic hydroxyl groups excluding tert-OH is 1. The molecule has 6 nitrogen and oxygen atoms in total. The largest absolute Gasteiger partial charge is 0.392 e. The molecule has 36 heavy (non-hydrogen) atoms. The van der Waals surface area contributed by atoms with Crippen LogP contribution in [0.5, 0.6) is 0 Å². The van der Waals surface area contributed by atoms with Crippen molar-refractivity contribution in [3.8, 4) is 0 Å². The average Bonchev–Trinajstić information content (AvgIpc) is 2.87. The molecular weight excluding hydrogens is 448 g/mol. The maximum atomic E-state index is 13.6. The highest BCUT2D eigenvalue weighted by molar-refractivity contribution is 5.92. The third-order valence-electron chi connectivity index (χ3n) is 7.93. The fourth-order valence-corrected chi connectivity index (χ4v) is 5.60. The molecule has 4 heterocycles. The predicted molar refractivity (Wildman–Crippen MR) is 145 cm³/mol. The van der Waals surface area contributed by atoms with Crippen LogP contribution in [0.3, 0.4) is 0 Å². The van der Waals surface area contributed by atoms with Crippen LogP contribution in [-0.4, -0.2) is 71.3 Å². The maximum absolute atomic E-state index is 13.6. The zero-order valence-corrected chi connectivity index (χ0v) is 21.8. The van der Waals surface area contributed by atoms with Crippen LogP contribution in [0.2, 0.25) is 0 Å². The van der Waals surface area contributed by atoms with Gasteiger partial charge in [0.1, 0.15) is 0 Å². The number of aliphatic hydroxyl groups is 1. The number of carbonyl (C=O) groups is 1. The van der Waals surface area contributed by atoms with E-state index in [-0.39, 0.29) is 18.4 Å². The van der Waals surface area contributed by atoms with Crippen molar-refractivity contribution in [1.29, 1.82) is 0 Å². The number of nitrogens with zero attached hydrogens (tertiary/aromatic N) is 4. The summed E-state index contributed by atoms with van der Waals surface area (Å²) in [6.45, 7) is 8.18. The predicted octanol–water partition coefficient (Wildman–Crippen LogP) is 4.47. The quantitative estimate of drug-likeness (QED) is 0.639. The zero-order chi connectivity index (χ0) is 25.2. The average molecular weight is 487 g/mol. The van der Waals surface area contributed by atoms with Crippen LogP contribution in [0.1, 0.15) is 46.0 Å². The molecule has 0 aromatic carbocycles. The fraction of sp³-hybridized carbons (Fsp3) is 0.467. The van der Waals surface area contributed by atoms with E-state index in [9.17, 15) is 9.90 Å². The second-order valence-corrected chi connectivity index (χ2v) is 10.6. The molecule has 1 aliphatic carbocycles. The highest BCUT2D eigenvalue weighted by Gasteiger charge is 2.26. The zero-order valence-electron chi connectivity index (χ0n) is 21.8. The lowest BCUT2D eigenvalue weighted by atomic mass is 9.84. The highest BCUT2D eigenvalue weighted by atomic mass is 16.3. The Hall–Kier alpha value is -2.96. The molecule has 0 aromatic rings. The molecule has 4 aliphatic heterocycles. The van der Waals surface area contributed by atoms with E-state index in [1.807, 2.05) is 12.3 Å². The first-order valence-corrected chi connectivity index (χ1v) is 13.3. The van der Waals surface area contributed by atoms with Crippen molar-refractivity contribution in [1.82, 2.24) is 14.7 Å². The van der Waals surface area contributed by atoms with Crippen molar-refractivity contribution in [2.45, 2.75) is 46.0 Å². The molecule has 1 N–H and O–H groups in total. The second kappa shape index (κ2) is 10.6. The van der Waals surface area contributed by atoms with Crippen LogP contribution in [-0.2, 0) is 4.79 Å². The number of hydrogen-bond acceptors (Lipinski definition) is 5. The second-order valence-electron chi connectivity index (χ2n) is 10.6. The van der Waals surface area contributed by atoms with E-state index in [1.165, 1.54) is 5.57 Å². The number of piperazine rings is 1. The van der Waals surface area contributed by atoms with Crippen LogP contribution in [0, 0.1) is 5.92 Å². The lowest BCUT2D eigenvalue weighted by Gasteiger charge is -2.37. The van der Waals surface area contributed by atoms with Crippen molar-refractivity contribution in [2.75, 3.05) is 39.8 Å². The van der Waals surface area contributed by atoms with Gasteiger partial charge in [0.25, 0.3) is 5.91 Å². The number of allylic oxidation sites excluding steroid dienone is 8. The molecule has 0 bridgehead atoms. The smallest absolute Gasteiger partial charge is 0.255 e. The maximum Gasteiger partial charge on any atom is 0.255 e. The van der Waals surface area contributed by atoms with E-state index in [4.69, 9.17) is 4.99 Å². The lowest BCUT2D eigenvalue weighted by molar-refractivity contribution is -0.122. The Morgan fingerprint density at radius 3 is 2.58 bits per heavy atom. The van der Waals surface area contributed by atoms with Gasteiger partial charge in [-0.05, 0) is 86.9 Å². The summed E-state index contributed by atoms with van der Waals surface area (Å²) < 4.78 is 0. The Morgan fingerprint density at radius 2 is 1.81 bits per heavy atom. The summed E-state index contributed by atoms with van der Waals surface area (Å²) in [5.41, 5.74) is 8.37. The molecule has 1 unspecified atom stereocenters. The number of hydrogen-bond donors (Lipinski definition) is 1. The van der Waals surface area contributed by atoms with E-state index in [0.29, 0.717) is 0 Å². The Kier molecular flexibility index (Phi) is 7.26. The Morgan fingerprint density at radius 1 is 1.03 bits per heavy atom. The van der Waals surface area contributed by atoms with Crippen molar-refractivity contribution in [2.24, 2.45) is 10.9 Å². The van der Waals surface area contributed by atoms with Crippen LogP contribution in [0.25, 0.3) is 0 Å². The van der Waals surface area contributed by atoms with Gasteiger partial charge in [0, 0.05) is 55.4 Å². The monoisotopic (exact) mass is 486 g/mol. The number of rotatable bonds is 3. The summed E-state index contributed by atoms with van der Waals surface area (Å²) in [7, 11) is 2.15. The summed E-state index contributed by atoms with van der Waals surface area (Å²) in [6.07, 6.45) is 19.2. The molecule has 6 heteroatoms. The third-order valence-corrected chi connectivity index (χ3v) is 7.93. The van der Waals surface area contributed by atoms with E-state index in [0.717, 1.165) is 97.8 Å². The minimum atomic E-state index is -0.0549. The molecule has 1 amide bonds. The topological polar surface area (TPSA) is 59.4 Å². The molecule has 0 spiro atoms. The van der Waals surface area contributed by atoms with Crippen LogP contribution in [0.15, 0.2) is 87.0 Å². The number of carbonyl (C=O) groups excluding carboxylic acids is 1. The van der Waals surface area contributed by atoms with Gasteiger partial charge in [-0.2, -0.15) is 0 Å². The van der Waals surface area contributed by atoms with Gasteiger partial charge in [-0.15, -0.1) is 0 Å². The first-order chi connectivity index (χ1) is 17.4.